The van der Waals surface area contributed by atoms with Crippen LogP contribution in [0.4, 0.5) is 0 Å². The molecular formula is C16H24N2O2. The number of carbonyl (C=O) groups is 2. The van der Waals surface area contributed by atoms with E-state index in [9.17, 15) is 9.59 Å². The minimum atomic E-state index is -0.546. The topological polar surface area (TPSA) is 49.4 Å². The molecule has 3 saturated carbocycles. The average molecular weight is 276 g/mol. The highest BCUT2D eigenvalue weighted by Crippen LogP contribution is 2.47. The molecule has 4 nitrogen and oxygen atoms in total. The fourth-order valence-electron chi connectivity index (χ4n) is 5.22. The van der Waals surface area contributed by atoms with Crippen LogP contribution in [0.3, 0.4) is 0 Å². The first kappa shape index (κ1) is 12.7. The highest BCUT2D eigenvalue weighted by Gasteiger charge is 2.52. The van der Waals surface area contributed by atoms with E-state index in [1.54, 1.807) is 0 Å². The molecule has 3 unspecified atom stereocenters. The Kier molecular flexibility index (Phi) is 2.83. The van der Waals surface area contributed by atoms with Gasteiger partial charge in [0.05, 0.1) is 6.54 Å². The molecule has 0 radical (unpaired) electrons. The minimum absolute atomic E-state index is 0.0641. The van der Waals surface area contributed by atoms with Crippen molar-refractivity contribution >= 4 is 11.8 Å². The number of nitrogens with zero attached hydrogens (tertiary/aromatic N) is 1. The second kappa shape index (κ2) is 4.47. The smallest absolute Gasteiger partial charge is 0.249 e. The van der Waals surface area contributed by atoms with Gasteiger partial charge in [-0.3, -0.25) is 9.59 Å². The van der Waals surface area contributed by atoms with Gasteiger partial charge in [-0.05, 0) is 43.9 Å². The molecule has 1 heterocycles. The molecule has 0 aromatic carbocycles. The molecule has 0 aromatic heterocycles. The minimum Gasteiger partial charge on any atom is -0.340 e. The molecule has 1 N–H and O–H groups in total. The summed E-state index contributed by atoms with van der Waals surface area (Å²) in [6.07, 6.45) is 10.0. The van der Waals surface area contributed by atoms with Gasteiger partial charge in [0.15, 0.2) is 0 Å². The van der Waals surface area contributed by atoms with Gasteiger partial charge in [0.2, 0.25) is 11.8 Å². The summed E-state index contributed by atoms with van der Waals surface area (Å²) in [5.74, 6) is 1.77. The van der Waals surface area contributed by atoms with E-state index in [1.807, 2.05) is 4.90 Å². The van der Waals surface area contributed by atoms with Crippen LogP contribution in [0.25, 0.3) is 0 Å². The predicted molar refractivity (Wildman–Crippen MR) is 74.9 cm³/mol. The SMILES string of the molecule is O=C1CN(C2CC3CCC2C3)C(=O)C2(CCCCC2)N1. The van der Waals surface area contributed by atoms with Crippen LogP contribution >= 0.6 is 0 Å². The van der Waals surface area contributed by atoms with Gasteiger partial charge in [-0.1, -0.05) is 25.7 Å². The van der Waals surface area contributed by atoms with Crippen LogP contribution in [-0.4, -0.2) is 34.8 Å². The Labute approximate surface area is 120 Å². The summed E-state index contributed by atoms with van der Waals surface area (Å²) in [5, 5.41) is 3.05. The van der Waals surface area contributed by atoms with Gasteiger partial charge in [-0.2, -0.15) is 0 Å². The number of fused-ring (bicyclic) bond motifs is 2. The number of hydrogen-bond donors (Lipinski definition) is 1. The normalized spacial score (nSPS) is 39.4. The molecule has 0 aromatic rings. The Balaban J connectivity index is 1.59. The third kappa shape index (κ3) is 1.80. The number of rotatable bonds is 1. The van der Waals surface area contributed by atoms with Crippen LogP contribution in [-0.2, 0) is 9.59 Å². The fourth-order valence-corrected chi connectivity index (χ4v) is 5.22. The van der Waals surface area contributed by atoms with E-state index < -0.39 is 5.54 Å². The molecule has 4 heteroatoms. The molecule has 4 fully saturated rings. The first-order valence-electron chi connectivity index (χ1n) is 8.30. The number of carbonyl (C=O) groups excluding carboxylic acids is 2. The van der Waals surface area contributed by atoms with E-state index >= 15 is 0 Å². The summed E-state index contributed by atoms with van der Waals surface area (Å²) in [7, 11) is 0. The second-order valence-corrected chi connectivity index (χ2v) is 7.37. The monoisotopic (exact) mass is 276 g/mol. The van der Waals surface area contributed by atoms with Crippen LogP contribution in [0.1, 0.15) is 57.8 Å². The van der Waals surface area contributed by atoms with Gasteiger partial charge in [0, 0.05) is 6.04 Å². The van der Waals surface area contributed by atoms with Crippen molar-refractivity contribution in [1.29, 1.82) is 0 Å². The van der Waals surface area contributed by atoms with Crippen LogP contribution in [0.2, 0.25) is 0 Å². The zero-order chi connectivity index (χ0) is 13.7. The highest BCUT2D eigenvalue weighted by atomic mass is 16.2. The summed E-state index contributed by atoms with van der Waals surface area (Å²) < 4.78 is 0. The van der Waals surface area contributed by atoms with Gasteiger partial charge in [-0.25, -0.2) is 0 Å². The first-order valence-corrected chi connectivity index (χ1v) is 8.30. The lowest BCUT2D eigenvalue weighted by Gasteiger charge is -2.47. The van der Waals surface area contributed by atoms with Crippen molar-refractivity contribution in [2.24, 2.45) is 11.8 Å². The molecule has 4 rings (SSSR count). The summed E-state index contributed by atoms with van der Waals surface area (Å²) in [6.45, 7) is 0.300. The maximum absolute atomic E-state index is 13.0. The average Bonchev–Trinajstić information content (AvgIpc) is 3.06. The molecule has 1 spiro atoms. The fraction of sp³-hybridized carbons (Fsp3) is 0.875. The zero-order valence-electron chi connectivity index (χ0n) is 12.1. The molecule has 1 aliphatic heterocycles. The van der Waals surface area contributed by atoms with Crippen molar-refractivity contribution in [3.63, 3.8) is 0 Å². The molecular weight excluding hydrogens is 252 g/mol. The van der Waals surface area contributed by atoms with Crippen LogP contribution in [0.15, 0.2) is 0 Å². The Morgan fingerprint density at radius 2 is 1.85 bits per heavy atom. The van der Waals surface area contributed by atoms with Gasteiger partial charge >= 0.3 is 0 Å². The maximum Gasteiger partial charge on any atom is 0.249 e. The van der Waals surface area contributed by atoms with E-state index in [1.165, 1.54) is 25.7 Å². The van der Waals surface area contributed by atoms with Crippen molar-refractivity contribution in [2.75, 3.05) is 6.54 Å². The van der Waals surface area contributed by atoms with Crippen molar-refractivity contribution in [3.8, 4) is 0 Å². The first-order chi connectivity index (χ1) is 9.68. The van der Waals surface area contributed by atoms with E-state index in [0.717, 1.165) is 38.0 Å². The van der Waals surface area contributed by atoms with E-state index in [0.29, 0.717) is 18.5 Å². The molecule has 1 saturated heterocycles. The molecule has 110 valence electrons. The summed E-state index contributed by atoms with van der Waals surface area (Å²) in [5.41, 5.74) is -0.546. The maximum atomic E-state index is 13.0. The highest BCUT2D eigenvalue weighted by molar-refractivity contribution is 5.98. The molecule has 3 atom stereocenters. The third-order valence-electron chi connectivity index (χ3n) is 6.17. The molecule has 3 aliphatic carbocycles. The van der Waals surface area contributed by atoms with Crippen molar-refractivity contribution < 1.29 is 9.59 Å². The van der Waals surface area contributed by atoms with Crippen LogP contribution in [0, 0.1) is 11.8 Å². The number of amides is 2. The second-order valence-electron chi connectivity index (χ2n) is 7.37. The summed E-state index contributed by atoms with van der Waals surface area (Å²) in [6, 6.07) is 0.353. The lowest BCUT2D eigenvalue weighted by atomic mass is 9.78. The third-order valence-corrected chi connectivity index (χ3v) is 6.17. The lowest BCUT2D eigenvalue weighted by Crippen LogP contribution is -2.69. The van der Waals surface area contributed by atoms with Crippen molar-refractivity contribution in [2.45, 2.75) is 69.4 Å². The van der Waals surface area contributed by atoms with Gasteiger partial charge in [0.25, 0.3) is 0 Å². The van der Waals surface area contributed by atoms with Crippen LogP contribution < -0.4 is 5.32 Å². The summed E-state index contributed by atoms with van der Waals surface area (Å²) >= 11 is 0. The van der Waals surface area contributed by atoms with E-state index in [4.69, 9.17) is 0 Å². The molecule has 4 aliphatic rings. The zero-order valence-corrected chi connectivity index (χ0v) is 12.1. The van der Waals surface area contributed by atoms with Crippen LogP contribution in [0.5, 0.6) is 0 Å². The van der Waals surface area contributed by atoms with Crippen molar-refractivity contribution in [1.82, 2.24) is 10.2 Å². The molecule has 2 amide bonds. The Hall–Kier alpha value is -1.06. The van der Waals surface area contributed by atoms with Gasteiger partial charge in [-0.15, -0.1) is 0 Å². The molecule has 20 heavy (non-hydrogen) atoms. The standard InChI is InChI=1S/C16H24N2O2/c19-14-10-18(13-9-11-4-5-12(13)8-11)15(20)16(17-14)6-2-1-3-7-16/h11-13H,1-10H2,(H,17,19). The van der Waals surface area contributed by atoms with Crippen molar-refractivity contribution in [3.05, 3.63) is 0 Å². The van der Waals surface area contributed by atoms with E-state index in [-0.39, 0.29) is 11.8 Å². The number of hydrogen-bond acceptors (Lipinski definition) is 2. The lowest BCUT2D eigenvalue weighted by molar-refractivity contribution is -0.155. The van der Waals surface area contributed by atoms with Gasteiger partial charge < -0.3 is 10.2 Å². The number of piperazine rings is 1. The Morgan fingerprint density at radius 3 is 2.50 bits per heavy atom. The molecule has 2 bridgehead atoms. The predicted octanol–water partition coefficient (Wildman–Crippen LogP) is 1.84. The largest absolute Gasteiger partial charge is 0.340 e. The quantitative estimate of drug-likeness (QED) is 0.794. The van der Waals surface area contributed by atoms with E-state index in [2.05, 4.69) is 5.32 Å². The Bertz CT molecular complexity index is 442. The van der Waals surface area contributed by atoms with Gasteiger partial charge in [0.1, 0.15) is 5.54 Å². The number of nitrogens with one attached hydrogen (secondary N) is 1. The summed E-state index contributed by atoms with van der Waals surface area (Å²) in [4.78, 5) is 27.1. The Morgan fingerprint density at radius 1 is 1.05 bits per heavy atom.